The molecule has 152 valence electrons. The fourth-order valence-electron chi connectivity index (χ4n) is 3.56. The zero-order valence-electron chi connectivity index (χ0n) is 15.9. The van der Waals surface area contributed by atoms with Crippen LogP contribution in [0.5, 0.6) is 0 Å². The number of fused-ring (bicyclic) bond motifs is 1. The van der Waals surface area contributed by atoms with Crippen LogP contribution in [-0.2, 0) is 0 Å². The Bertz CT molecular complexity index is 1020. The molecule has 3 aromatic rings. The van der Waals surface area contributed by atoms with Crippen LogP contribution in [0.2, 0.25) is 0 Å². The van der Waals surface area contributed by atoms with E-state index >= 15 is 0 Å². The van der Waals surface area contributed by atoms with E-state index in [-0.39, 0.29) is 30.5 Å². The molecule has 2 atom stereocenters. The van der Waals surface area contributed by atoms with Gasteiger partial charge >= 0.3 is 5.69 Å². The van der Waals surface area contributed by atoms with Crippen molar-refractivity contribution < 1.29 is 13.9 Å². The van der Waals surface area contributed by atoms with Crippen LogP contribution in [0.4, 0.5) is 8.78 Å². The number of nitrogens with one attached hydrogen (secondary N) is 1. The van der Waals surface area contributed by atoms with Gasteiger partial charge in [0, 0.05) is 12.6 Å². The Morgan fingerprint density at radius 1 is 1.11 bits per heavy atom. The first-order valence-electron chi connectivity index (χ1n) is 8.86. The van der Waals surface area contributed by atoms with Crippen molar-refractivity contribution in [3.63, 3.8) is 0 Å². The average molecular weight is 412 g/mol. The number of aromatic nitrogens is 2. The molecule has 2 aromatic carbocycles. The van der Waals surface area contributed by atoms with Crippen molar-refractivity contribution in [2.45, 2.75) is 32.0 Å². The fourth-order valence-corrected chi connectivity index (χ4v) is 3.56. The molecule has 0 aliphatic heterocycles. The molecule has 1 aromatic heterocycles. The molecule has 0 amide bonds. The minimum atomic E-state index is -1.07. The molecule has 0 radical (unpaired) electrons. The number of likely N-dealkylation sites (N-methyl/N-ethyl adjacent to an activating group) is 1. The van der Waals surface area contributed by atoms with Crippen LogP contribution in [0.3, 0.4) is 0 Å². The first kappa shape index (κ1) is 22.1. The summed E-state index contributed by atoms with van der Waals surface area (Å²) in [5, 5.41) is 13.6. The molecule has 2 N–H and O–H groups in total. The first-order chi connectivity index (χ1) is 12.9. The van der Waals surface area contributed by atoms with Crippen LogP contribution < -0.4 is 11.0 Å². The van der Waals surface area contributed by atoms with Crippen molar-refractivity contribution in [3.05, 3.63) is 70.1 Å². The van der Waals surface area contributed by atoms with Crippen molar-refractivity contribution in [1.82, 2.24) is 14.5 Å². The third kappa shape index (κ3) is 3.83. The van der Waals surface area contributed by atoms with Crippen molar-refractivity contribution in [1.29, 1.82) is 0 Å². The van der Waals surface area contributed by atoms with Gasteiger partial charge in [0.1, 0.15) is 17.2 Å². The molecule has 3 rings (SSSR count). The first-order valence-corrected chi connectivity index (χ1v) is 8.86. The van der Waals surface area contributed by atoms with Crippen molar-refractivity contribution in [2.24, 2.45) is 0 Å². The molecule has 0 unspecified atom stereocenters. The lowest BCUT2D eigenvalue weighted by molar-refractivity contribution is 0.130. The Balaban J connectivity index is 0.00000280. The standard InChI is InChI=1S/C20H23F2N3O2.ClH/c1-12(2)24-16-9-5-8-15(22)19(16)25(20(24)27)18(17(26)11-23-3)13-6-4-7-14(21)10-13;/h4-10,12,17-18,23,26H,11H2,1-3H3;1H/t17-,18-;/m0./s1. The van der Waals surface area contributed by atoms with Gasteiger partial charge in [0.05, 0.1) is 17.7 Å². The Morgan fingerprint density at radius 3 is 2.39 bits per heavy atom. The Morgan fingerprint density at radius 2 is 1.79 bits per heavy atom. The lowest BCUT2D eigenvalue weighted by Crippen LogP contribution is -2.39. The third-order valence-corrected chi connectivity index (χ3v) is 4.64. The van der Waals surface area contributed by atoms with E-state index in [1.54, 1.807) is 25.2 Å². The van der Waals surface area contributed by atoms with E-state index in [1.165, 1.54) is 33.4 Å². The highest BCUT2D eigenvalue weighted by molar-refractivity contribution is 5.85. The molecule has 5 nitrogen and oxygen atoms in total. The summed E-state index contributed by atoms with van der Waals surface area (Å²) in [4.78, 5) is 13.2. The normalized spacial score (nSPS) is 13.5. The number of benzene rings is 2. The maximum atomic E-state index is 14.8. The fraction of sp³-hybridized carbons (Fsp3) is 0.350. The summed E-state index contributed by atoms with van der Waals surface area (Å²) in [6, 6.07) is 9.01. The highest BCUT2D eigenvalue weighted by atomic mass is 35.5. The van der Waals surface area contributed by atoms with Crippen molar-refractivity contribution in [2.75, 3.05) is 13.6 Å². The Labute approximate surface area is 168 Å². The molecule has 0 aliphatic rings. The number of nitrogens with zero attached hydrogens (tertiary/aromatic N) is 2. The van der Waals surface area contributed by atoms with Gasteiger partial charge in [-0.2, -0.15) is 0 Å². The zero-order chi connectivity index (χ0) is 19.7. The van der Waals surface area contributed by atoms with Gasteiger partial charge in [-0.15, -0.1) is 12.4 Å². The summed E-state index contributed by atoms with van der Waals surface area (Å²) in [5.74, 6) is -1.06. The zero-order valence-corrected chi connectivity index (χ0v) is 16.7. The van der Waals surface area contributed by atoms with E-state index in [0.29, 0.717) is 11.1 Å². The maximum absolute atomic E-state index is 14.8. The SMILES string of the molecule is CNC[C@H](O)[C@H](c1cccc(F)c1)n1c(=O)n(C(C)C)c2cccc(F)c21.Cl. The van der Waals surface area contributed by atoms with Crippen molar-refractivity contribution in [3.8, 4) is 0 Å². The lowest BCUT2D eigenvalue weighted by atomic mass is 10.0. The third-order valence-electron chi connectivity index (χ3n) is 4.64. The number of hydrogen-bond acceptors (Lipinski definition) is 3. The molecule has 1 heterocycles. The van der Waals surface area contributed by atoms with E-state index in [4.69, 9.17) is 0 Å². The summed E-state index contributed by atoms with van der Waals surface area (Å²) in [6.45, 7) is 3.81. The largest absolute Gasteiger partial charge is 0.389 e. The number of para-hydroxylation sites is 1. The molecule has 0 saturated heterocycles. The molecule has 0 aliphatic carbocycles. The summed E-state index contributed by atoms with van der Waals surface area (Å²) in [6.07, 6.45) is -1.07. The number of imidazole rings is 1. The quantitative estimate of drug-likeness (QED) is 0.654. The number of halogens is 3. The highest BCUT2D eigenvalue weighted by Crippen LogP contribution is 2.29. The van der Waals surface area contributed by atoms with Gasteiger partial charge in [0.25, 0.3) is 0 Å². The van der Waals surface area contributed by atoms with E-state index in [1.807, 2.05) is 13.8 Å². The molecule has 8 heteroatoms. The van der Waals surface area contributed by atoms with E-state index in [9.17, 15) is 18.7 Å². The lowest BCUT2D eigenvalue weighted by Gasteiger charge is -2.25. The van der Waals surface area contributed by atoms with Crippen molar-refractivity contribution >= 4 is 23.4 Å². The molecule has 0 fully saturated rings. The number of rotatable bonds is 6. The second-order valence-corrected chi connectivity index (χ2v) is 6.85. The van der Waals surface area contributed by atoms with E-state index in [0.717, 1.165) is 0 Å². The summed E-state index contributed by atoms with van der Waals surface area (Å²) >= 11 is 0. The van der Waals surface area contributed by atoms with E-state index in [2.05, 4.69) is 5.32 Å². The summed E-state index contributed by atoms with van der Waals surface area (Å²) < 4.78 is 31.3. The number of hydrogen-bond donors (Lipinski definition) is 2. The Hall–Kier alpha value is -2.22. The summed E-state index contributed by atoms with van der Waals surface area (Å²) in [7, 11) is 1.66. The van der Waals surface area contributed by atoms with Crippen LogP contribution in [-0.4, -0.2) is 33.9 Å². The van der Waals surface area contributed by atoms with Gasteiger partial charge in [-0.25, -0.2) is 13.6 Å². The molecule has 0 saturated carbocycles. The van der Waals surface area contributed by atoms with Crippen LogP contribution in [0.15, 0.2) is 47.3 Å². The maximum Gasteiger partial charge on any atom is 0.330 e. The van der Waals surface area contributed by atoms with E-state index < -0.39 is 29.5 Å². The van der Waals surface area contributed by atoms with Gasteiger partial charge in [-0.1, -0.05) is 18.2 Å². The van der Waals surface area contributed by atoms with Gasteiger partial charge < -0.3 is 10.4 Å². The van der Waals surface area contributed by atoms with Crippen LogP contribution in [0.1, 0.15) is 31.5 Å². The molecular weight excluding hydrogens is 388 g/mol. The predicted octanol–water partition coefficient (Wildman–Crippen LogP) is 3.25. The summed E-state index contributed by atoms with van der Waals surface area (Å²) in [5.41, 5.74) is 0.481. The highest BCUT2D eigenvalue weighted by Gasteiger charge is 2.30. The van der Waals surface area contributed by atoms with Crippen LogP contribution in [0, 0.1) is 11.6 Å². The second kappa shape index (κ2) is 8.86. The minimum absolute atomic E-state index is 0. The molecule has 0 spiro atoms. The average Bonchev–Trinajstić information content (AvgIpc) is 2.89. The number of aliphatic hydroxyl groups excluding tert-OH is 1. The topological polar surface area (TPSA) is 59.2 Å². The molecule has 0 bridgehead atoms. The molecule has 28 heavy (non-hydrogen) atoms. The second-order valence-electron chi connectivity index (χ2n) is 6.85. The number of aliphatic hydroxyl groups is 1. The minimum Gasteiger partial charge on any atom is -0.389 e. The Kier molecular flexibility index (Phi) is 6.98. The van der Waals surface area contributed by atoms with Gasteiger partial charge in [0.15, 0.2) is 0 Å². The van der Waals surface area contributed by atoms with Crippen LogP contribution in [0.25, 0.3) is 11.0 Å². The molecular formula is C20H24ClF2N3O2. The van der Waals surface area contributed by atoms with Gasteiger partial charge in [-0.3, -0.25) is 9.13 Å². The monoisotopic (exact) mass is 411 g/mol. The van der Waals surface area contributed by atoms with Gasteiger partial charge in [0.2, 0.25) is 0 Å². The van der Waals surface area contributed by atoms with Crippen LogP contribution >= 0.6 is 12.4 Å². The predicted molar refractivity (Wildman–Crippen MR) is 108 cm³/mol. The smallest absolute Gasteiger partial charge is 0.330 e. The van der Waals surface area contributed by atoms with Gasteiger partial charge in [-0.05, 0) is 50.7 Å².